The third-order valence-corrected chi connectivity index (χ3v) is 2.13. The summed E-state index contributed by atoms with van der Waals surface area (Å²) in [4.78, 5) is 20.3. The predicted molar refractivity (Wildman–Crippen MR) is 62.0 cm³/mol. The molecule has 5 heteroatoms. The number of hydrogen-bond acceptors (Lipinski definition) is 4. The van der Waals surface area contributed by atoms with E-state index in [0.29, 0.717) is 11.1 Å². The first kappa shape index (κ1) is 11.9. The van der Waals surface area contributed by atoms with Gasteiger partial charge in [0.15, 0.2) is 0 Å². The number of rotatable bonds is 4. The van der Waals surface area contributed by atoms with E-state index in [1.54, 1.807) is 25.1 Å². The lowest BCUT2D eigenvalue weighted by atomic mass is 10.1. The molecule has 0 bridgehead atoms. The molecule has 0 aliphatic carbocycles. The fourth-order valence-electron chi connectivity index (χ4n) is 1.31. The SMILES string of the molecule is Cc1cc(C=CCC=O)cc([N+](=O)[O-])c1N. The van der Waals surface area contributed by atoms with Crippen LogP contribution in [0.5, 0.6) is 0 Å². The van der Waals surface area contributed by atoms with Crippen molar-refractivity contribution < 1.29 is 9.72 Å². The molecule has 0 heterocycles. The van der Waals surface area contributed by atoms with E-state index in [1.807, 2.05) is 0 Å². The first-order valence-corrected chi connectivity index (χ1v) is 4.71. The number of nitro benzene ring substituents is 1. The minimum Gasteiger partial charge on any atom is -0.393 e. The zero-order valence-electron chi connectivity index (χ0n) is 8.84. The number of aldehydes is 1. The van der Waals surface area contributed by atoms with Gasteiger partial charge in [-0.3, -0.25) is 10.1 Å². The summed E-state index contributed by atoms with van der Waals surface area (Å²) in [5.41, 5.74) is 6.98. The highest BCUT2D eigenvalue weighted by molar-refractivity contribution is 5.69. The highest BCUT2D eigenvalue weighted by Gasteiger charge is 2.13. The Hall–Kier alpha value is -2.17. The number of carbonyl (C=O) groups is 1. The van der Waals surface area contributed by atoms with Crippen molar-refractivity contribution in [2.24, 2.45) is 0 Å². The number of anilines is 1. The molecule has 0 saturated carbocycles. The first-order chi connectivity index (χ1) is 7.56. The minimum absolute atomic E-state index is 0.106. The van der Waals surface area contributed by atoms with E-state index in [2.05, 4.69) is 0 Å². The number of hydrogen-bond donors (Lipinski definition) is 1. The van der Waals surface area contributed by atoms with Gasteiger partial charge in [-0.15, -0.1) is 0 Å². The predicted octanol–water partition coefficient (Wildman–Crippen LogP) is 2.09. The van der Waals surface area contributed by atoms with Crippen LogP contribution in [0.2, 0.25) is 0 Å². The van der Waals surface area contributed by atoms with Crippen molar-refractivity contribution in [3.05, 3.63) is 39.4 Å². The smallest absolute Gasteiger partial charge is 0.292 e. The standard InChI is InChI=1S/C11H12N2O3/c1-8-6-9(4-2-3-5-14)7-10(11(8)12)13(15)16/h2,4-7H,3,12H2,1H3. The number of nitrogen functional groups attached to an aromatic ring is 1. The third kappa shape index (κ3) is 2.66. The van der Waals surface area contributed by atoms with Gasteiger partial charge in [0.25, 0.3) is 5.69 Å². The van der Waals surface area contributed by atoms with Crippen molar-refractivity contribution in [2.45, 2.75) is 13.3 Å². The van der Waals surface area contributed by atoms with E-state index >= 15 is 0 Å². The van der Waals surface area contributed by atoms with Crippen LogP contribution in [0.4, 0.5) is 11.4 Å². The molecule has 0 fully saturated rings. The van der Waals surface area contributed by atoms with Crippen LogP contribution >= 0.6 is 0 Å². The molecule has 0 radical (unpaired) electrons. The van der Waals surface area contributed by atoms with E-state index < -0.39 is 4.92 Å². The van der Waals surface area contributed by atoms with Crippen molar-refractivity contribution in [2.75, 3.05) is 5.73 Å². The van der Waals surface area contributed by atoms with Crippen molar-refractivity contribution >= 4 is 23.7 Å². The fraction of sp³-hybridized carbons (Fsp3) is 0.182. The van der Waals surface area contributed by atoms with Crippen LogP contribution in [0.3, 0.4) is 0 Å². The summed E-state index contributed by atoms with van der Waals surface area (Å²) >= 11 is 0. The van der Waals surface area contributed by atoms with E-state index in [4.69, 9.17) is 5.73 Å². The fourth-order valence-corrected chi connectivity index (χ4v) is 1.31. The van der Waals surface area contributed by atoms with Crippen LogP contribution in [-0.2, 0) is 4.79 Å². The van der Waals surface area contributed by atoms with E-state index in [-0.39, 0.29) is 17.8 Å². The van der Waals surface area contributed by atoms with E-state index in [0.717, 1.165) is 6.29 Å². The molecule has 0 atom stereocenters. The molecule has 84 valence electrons. The summed E-state index contributed by atoms with van der Waals surface area (Å²) in [6.07, 6.45) is 4.35. The summed E-state index contributed by atoms with van der Waals surface area (Å²) in [5.74, 6) is 0. The number of benzene rings is 1. The zero-order chi connectivity index (χ0) is 12.1. The van der Waals surface area contributed by atoms with Crippen LogP contribution in [0, 0.1) is 17.0 Å². The lowest BCUT2D eigenvalue weighted by molar-refractivity contribution is -0.383. The third-order valence-electron chi connectivity index (χ3n) is 2.13. The Morgan fingerprint density at radius 3 is 2.75 bits per heavy atom. The molecule has 0 amide bonds. The molecule has 5 nitrogen and oxygen atoms in total. The summed E-state index contributed by atoms with van der Waals surface area (Å²) in [5, 5.41) is 10.7. The van der Waals surface area contributed by atoms with Crippen LogP contribution < -0.4 is 5.73 Å². The van der Waals surface area contributed by atoms with Gasteiger partial charge in [0.2, 0.25) is 0 Å². The molecule has 0 saturated heterocycles. The van der Waals surface area contributed by atoms with Crippen molar-refractivity contribution in [3.8, 4) is 0 Å². The average Bonchev–Trinajstić information content (AvgIpc) is 2.23. The number of carbonyl (C=O) groups excluding carboxylic acids is 1. The monoisotopic (exact) mass is 220 g/mol. The van der Waals surface area contributed by atoms with E-state index in [1.165, 1.54) is 6.07 Å². The number of nitrogens with two attached hydrogens (primary N) is 1. The summed E-state index contributed by atoms with van der Waals surface area (Å²) in [6.45, 7) is 1.71. The summed E-state index contributed by atoms with van der Waals surface area (Å²) in [7, 11) is 0. The topological polar surface area (TPSA) is 86.2 Å². The van der Waals surface area contributed by atoms with Gasteiger partial charge < -0.3 is 10.5 Å². The minimum atomic E-state index is -0.514. The van der Waals surface area contributed by atoms with Gasteiger partial charge in [-0.05, 0) is 24.1 Å². The molecule has 16 heavy (non-hydrogen) atoms. The molecule has 2 N–H and O–H groups in total. The Kier molecular flexibility index (Phi) is 3.77. The highest BCUT2D eigenvalue weighted by atomic mass is 16.6. The van der Waals surface area contributed by atoms with E-state index in [9.17, 15) is 14.9 Å². The Bertz CT molecular complexity index is 453. The normalized spacial score (nSPS) is 10.6. The van der Waals surface area contributed by atoms with Gasteiger partial charge >= 0.3 is 0 Å². The highest BCUT2D eigenvalue weighted by Crippen LogP contribution is 2.27. The van der Waals surface area contributed by atoms with Gasteiger partial charge in [-0.25, -0.2) is 0 Å². The van der Waals surface area contributed by atoms with Crippen LogP contribution in [0.25, 0.3) is 6.08 Å². The van der Waals surface area contributed by atoms with Crippen molar-refractivity contribution in [1.29, 1.82) is 0 Å². The van der Waals surface area contributed by atoms with Gasteiger partial charge in [-0.2, -0.15) is 0 Å². The first-order valence-electron chi connectivity index (χ1n) is 4.71. The number of nitro groups is 1. The Labute approximate surface area is 92.7 Å². The molecule has 0 aromatic heterocycles. The second-order valence-electron chi connectivity index (χ2n) is 3.33. The van der Waals surface area contributed by atoms with Crippen LogP contribution in [-0.4, -0.2) is 11.2 Å². The number of nitrogens with zero attached hydrogens (tertiary/aromatic N) is 1. The zero-order valence-corrected chi connectivity index (χ0v) is 8.84. The Balaban J connectivity index is 3.13. The lowest BCUT2D eigenvalue weighted by Gasteiger charge is -2.03. The number of allylic oxidation sites excluding steroid dienone is 1. The summed E-state index contributed by atoms with van der Waals surface area (Å²) in [6, 6.07) is 3.13. The Morgan fingerprint density at radius 2 is 2.19 bits per heavy atom. The van der Waals surface area contributed by atoms with Crippen LogP contribution in [0.1, 0.15) is 17.5 Å². The molecule has 0 aliphatic rings. The molecule has 1 aromatic rings. The second kappa shape index (κ2) is 5.06. The maximum Gasteiger partial charge on any atom is 0.292 e. The number of aryl methyl sites for hydroxylation is 1. The quantitative estimate of drug-likeness (QED) is 0.364. The molecular formula is C11H12N2O3. The Morgan fingerprint density at radius 1 is 1.50 bits per heavy atom. The molecule has 0 unspecified atom stereocenters. The average molecular weight is 220 g/mol. The molecular weight excluding hydrogens is 208 g/mol. The molecule has 0 aliphatic heterocycles. The van der Waals surface area contributed by atoms with Gasteiger partial charge in [-0.1, -0.05) is 12.2 Å². The second-order valence-corrected chi connectivity index (χ2v) is 3.33. The molecule has 1 rings (SSSR count). The van der Waals surface area contributed by atoms with Gasteiger partial charge in [0, 0.05) is 12.5 Å². The van der Waals surface area contributed by atoms with Crippen molar-refractivity contribution in [1.82, 2.24) is 0 Å². The maximum atomic E-state index is 10.7. The van der Waals surface area contributed by atoms with Crippen LogP contribution in [0.15, 0.2) is 18.2 Å². The van der Waals surface area contributed by atoms with Crippen molar-refractivity contribution in [3.63, 3.8) is 0 Å². The molecule has 1 aromatic carbocycles. The lowest BCUT2D eigenvalue weighted by Crippen LogP contribution is -1.98. The summed E-state index contributed by atoms with van der Waals surface area (Å²) < 4.78 is 0. The largest absolute Gasteiger partial charge is 0.393 e. The van der Waals surface area contributed by atoms with Gasteiger partial charge in [0.1, 0.15) is 12.0 Å². The molecule has 0 spiro atoms. The maximum absolute atomic E-state index is 10.7. The van der Waals surface area contributed by atoms with Gasteiger partial charge in [0.05, 0.1) is 4.92 Å².